The number of aryl methyl sites for hydroxylation is 2. The lowest BCUT2D eigenvalue weighted by Gasteiger charge is -1.90. The standard InChI is InChI=1S/C18H14.3C2H6/c1-15-7-11-17(12-8-15)5-3-4-6-18-13-9-16(2)10-14-18;3*1-2/h7-14H,1-2H3;3*1-2H3. The van der Waals surface area contributed by atoms with Crippen LogP contribution in [0.15, 0.2) is 48.5 Å². The Bertz CT molecular complexity index is 574. The van der Waals surface area contributed by atoms with Crippen LogP contribution in [0.5, 0.6) is 0 Å². The molecule has 0 unspecified atom stereocenters. The predicted octanol–water partition coefficient (Wildman–Crippen LogP) is 6.79. The second-order valence-electron chi connectivity index (χ2n) is 4.23. The molecule has 24 heavy (non-hydrogen) atoms. The number of hydrogen-bond donors (Lipinski definition) is 0. The summed E-state index contributed by atoms with van der Waals surface area (Å²) in [6.07, 6.45) is 0. The summed E-state index contributed by atoms with van der Waals surface area (Å²) in [6.45, 7) is 16.1. The summed E-state index contributed by atoms with van der Waals surface area (Å²) in [6, 6.07) is 16.3. The second-order valence-corrected chi connectivity index (χ2v) is 4.23. The SMILES string of the molecule is CC.CC.CC.Cc1ccc(C#CC#Cc2ccc(C)cc2)cc1. The van der Waals surface area contributed by atoms with Crippen molar-refractivity contribution in [2.75, 3.05) is 0 Å². The first-order valence-electron chi connectivity index (χ1n) is 8.89. The first-order chi connectivity index (χ1) is 11.7. The monoisotopic (exact) mass is 320 g/mol. The number of benzene rings is 2. The van der Waals surface area contributed by atoms with Crippen molar-refractivity contribution in [1.82, 2.24) is 0 Å². The molecule has 0 saturated heterocycles. The Labute approximate surface area is 150 Å². The minimum Gasteiger partial charge on any atom is -0.0683 e. The lowest BCUT2D eigenvalue weighted by atomic mass is 10.1. The zero-order valence-electron chi connectivity index (χ0n) is 16.6. The third kappa shape index (κ3) is 11.2. The molecular weight excluding hydrogens is 288 g/mol. The van der Waals surface area contributed by atoms with E-state index in [1.807, 2.05) is 65.8 Å². The molecule has 0 atom stereocenters. The van der Waals surface area contributed by atoms with E-state index in [2.05, 4.69) is 61.8 Å². The van der Waals surface area contributed by atoms with Gasteiger partial charge in [0.15, 0.2) is 0 Å². The van der Waals surface area contributed by atoms with Crippen molar-refractivity contribution in [2.24, 2.45) is 0 Å². The summed E-state index contributed by atoms with van der Waals surface area (Å²) in [5.74, 6) is 11.8. The summed E-state index contributed by atoms with van der Waals surface area (Å²) in [5.41, 5.74) is 4.48. The average molecular weight is 321 g/mol. The molecule has 0 N–H and O–H groups in total. The van der Waals surface area contributed by atoms with E-state index in [1.165, 1.54) is 11.1 Å². The van der Waals surface area contributed by atoms with Gasteiger partial charge in [0.1, 0.15) is 0 Å². The Morgan fingerprint density at radius 3 is 0.958 bits per heavy atom. The largest absolute Gasteiger partial charge is 0.0683 e. The van der Waals surface area contributed by atoms with Gasteiger partial charge < -0.3 is 0 Å². The predicted molar refractivity (Wildman–Crippen MR) is 110 cm³/mol. The van der Waals surface area contributed by atoms with Gasteiger partial charge in [0, 0.05) is 11.1 Å². The van der Waals surface area contributed by atoms with Gasteiger partial charge in [0.25, 0.3) is 0 Å². The number of rotatable bonds is 0. The number of hydrogen-bond acceptors (Lipinski definition) is 0. The Balaban J connectivity index is 0. The molecule has 0 spiro atoms. The van der Waals surface area contributed by atoms with Gasteiger partial charge in [-0.15, -0.1) is 0 Å². The normalized spacial score (nSPS) is 7.33. The van der Waals surface area contributed by atoms with Crippen molar-refractivity contribution in [3.8, 4) is 23.7 Å². The van der Waals surface area contributed by atoms with E-state index in [0.29, 0.717) is 0 Å². The third-order valence-corrected chi connectivity index (χ3v) is 2.58. The highest BCUT2D eigenvalue weighted by atomic mass is 13.9. The minimum absolute atomic E-state index is 0.999. The first kappa shape index (κ1) is 23.8. The van der Waals surface area contributed by atoms with Crippen LogP contribution in [0.2, 0.25) is 0 Å². The third-order valence-electron chi connectivity index (χ3n) is 2.58. The maximum absolute atomic E-state index is 3.03. The Hall–Kier alpha value is -2.44. The minimum atomic E-state index is 0.999. The lowest BCUT2D eigenvalue weighted by Crippen LogP contribution is -1.75. The lowest BCUT2D eigenvalue weighted by molar-refractivity contribution is 1.46. The van der Waals surface area contributed by atoms with Crippen molar-refractivity contribution in [2.45, 2.75) is 55.4 Å². The Morgan fingerprint density at radius 1 is 0.458 bits per heavy atom. The van der Waals surface area contributed by atoms with E-state index < -0.39 is 0 Å². The van der Waals surface area contributed by atoms with Gasteiger partial charge in [-0.1, -0.05) is 88.8 Å². The summed E-state index contributed by atoms with van der Waals surface area (Å²) in [7, 11) is 0. The van der Waals surface area contributed by atoms with Gasteiger partial charge in [0.05, 0.1) is 0 Å². The van der Waals surface area contributed by atoms with E-state index in [4.69, 9.17) is 0 Å². The summed E-state index contributed by atoms with van der Waals surface area (Å²) >= 11 is 0. The summed E-state index contributed by atoms with van der Waals surface area (Å²) in [5, 5.41) is 0. The second kappa shape index (κ2) is 16.9. The van der Waals surface area contributed by atoms with Crippen molar-refractivity contribution in [3.05, 3.63) is 70.8 Å². The summed E-state index contributed by atoms with van der Waals surface area (Å²) in [4.78, 5) is 0. The van der Waals surface area contributed by atoms with Crippen molar-refractivity contribution < 1.29 is 0 Å². The molecule has 128 valence electrons. The molecule has 0 fully saturated rings. The molecule has 0 heterocycles. The van der Waals surface area contributed by atoms with Crippen LogP contribution in [0.3, 0.4) is 0 Å². The van der Waals surface area contributed by atoms with Gasteiger partial charge in [-0.05, 0) is 50.0 Å². The van der Waals surface area contributed by atoms with Crippen molar-refractivity contribution in [1.29, 1.82) is 0 Å². The van der Waals surface area contributed by atoms with E-state index >= 15 is 0 Å². The van der Waals surface area contributed by atoms with Gasteiger partial charge in [-0.2, -0.15) is 0 Å². The fourth-order valence-electron chi connectivity index (χ4n) is 1.48. The van der Waals surface area contributed by atoms with Crippen LogP contribution in [0, 0.1) is 37.5 Å². The van der Waals surface area contributed by atoms with Gasteiger partial charge in [0.2, 0.25) is 0 Å². The fraction of sp³-hybridized carbons (Fsp3) is 0.333. The fourth-order valence-corrected chi connectivity index (χ4v) is 1.48. The van der Waals surface area contributed by atoms with Crippen LogP contribution in [-0.4, -0.2) is 0 Å². The molecule has 0 bridgehead atoms. The molecule has 0 saturated carbocycles. The molecule has 0 aliphatic rings. The topological polar surface area (TPSA) is 0 Å². The van der Waals surface area contributed by atoms with Crippen LogP contribution in [0.25, 0.3) is 0 Å². The van der Waals surface area contributed by atoms with Gasteiger partial charge in [-0.25, -0.2) is 0 Å². The highest BCUT2D eigenvalue weighted by Crippen LogP contribution is 2.01. The summed E-state index contributed by atoms with van der Waals surface area (Å²) < 4.78 is 0. The molecule has 0 aromatic heterocycles. The van der Waals surface area contributed by atoms with E-state index in [9.17, 15) is 0 Å². The van der Waals surface area contributed by atoms with Gasteiger partial charge in [-0.3, -0.25) is 0 Å². The van der Waals surface area contributed by atoms with Crippen LogP contribution in [-0.2, 0) is 0 Å². The highest BCUT2D eigenvalue weighted by molar-refractivity contribution is 5.45. The zero-order valence-corrected chi connectivity index (χ0v) is 16.6. The van der Waals surface area contributed by atoms with Crippen LogP contribution in [0.1, 0.15) is 63.8 Å². The average Bonchev–Trinajstić information content (AvgIpc) is 2.67. The molecule has 0 nitrogen and oxygen atoms in total. The maximum atomic E-state index is 3.03. The molecule has 0 heteroatoms. The van der Waals surface area contributed by atoms with Crippen molar-refractivity contribution in [3.63, 3.8) is 0 Å². The molecule has 2 aromatic carbocycles. The first-order valence-corrected chi connectivity index (χ1v) is 8.89. The molecule has 0 radical (unpaired) electrons. The molecular formula is C24H32. The van der Waals surface area contributed by atoms with Crippen LogP contribution in [0.4, 0.5) is 0 Å². The molecule has 2 aromatic rings. The molecule has 0 aliphatic heterocycles. The van der Waals surface area contributed by atoms with E-state index in [1.54, 1.807) is 0 Å². The van der Waals surface area contributed by atoms with E-state index in [0.717, 1.165) is 11.1 Å². The van der Waals surface area contributed by atoms with Crippen LogP contribution < -0.4 is 0 Å². The zero-order chi connectivity index (χ0) is 18.8. The maximum Gasteiger partial charge on any atom is 0.0255 e. The van der Waals surface area contributed by atoms with E-state index in [-0.39, 0.29) is 0 Å². The Morgan fingerprint density at radius 2 is 0.708 bits per heavy atom. The van der Waals surface area contributed by atoms with Gasteiger partial charge >= 0.3 is 0 Å². The molecule has 2 rings (SSSR count). The quantitative estimate of drug-likeness (QED) is 0.469. The Kier molecular flexibility index (Phi) is 16.8. The molecule has 0 aliphatic carbocycles. The van der Waals surface area contributed by atoms with Crippen LogP contribution >= 0.6 is 0 Å². The van der Waals surface area contributed by atoms with Crippen molar-refractivity contribution >= 4 is 0 Å². The highest BCUT2D eigenvalue weighted by Gasteiger charge is 1.85. The smallest absolute Gasteiger partial charge is 0.0255 e. The molecule has 0 amide bonds.